The molecule has 0 amide bonds. The predicted octanol–water partition coefficient (Wildman–Crippen LogP) is 1.03. The van der Waals surface area contributed by atoms with Gasteiger partial charge in [-0.25, -0.2) is 4.68 Å². The summed E-state index contributed by atoms with van der Waals surface area (Å²) < 4.78 is 6.77. The lowest BCUT2D eigenvalue weighted by Gasteiger charge is -2.04. The number of hydrogen-bond acceptors (Lipinski definition) is 6. The van der Waals surface area contributed by atoms with E-state index in [0.717, 1.165) is 31.0 Å². The van der Waals surface area contributed by atoms with Crippen LogP contribution in [0.15, 0.2) is 23.4 Å². The molecule has 1 aromatic heterocycles. The molecule has 0 radical (unpaired) electrons. The quantitative estimate of drug-likeness (QED) is 0.797. The Bertz CT molecular complexity index is 659. The molecule has 2 heterocycles. The van der Waals surface area contributed by atoms with Crippen LogP contribution >= 0.6 is 11.8 Å². The molecular weight excluding hydrogens is 292 g/mol. The number of carbonyl (C=O) groups is 1. The van der Waals surface area contributed by atoms with Crippen LogP contribution in [-0.2, 0) is 24.2 Å². The topological polar surface area (TPSA) is 90.1 Å². The number of aromatic nitrogens is 4. The zero-order valence-electron chi connectivity index (χ0n) is 11.2. The van der Waals surface area contributed by atoms with E-state index in [2.05, 4.69) is 27.7 Å². The fourth-order valence-corrected chi connectivity index (χ4v) is 3.05. The van der Waals surface area contributed by atoms with Crippen molar-refractivity contribution in [2.24, 2.45) is 0 Å². The number of rotatable bonds is 6. The van der Waals surface area contributed by atoms with Gasteiger partial charge in [-0.1, -0.05) is 23.9 Å². The van der Waals surface area contributed by atoms with Crippen LogP contribution in [0.3, 0.4) is 0 Å². The van der Waals surface area contributed by atoms with Gasteiger partial charge in [0, 0.05) is 12.2 Å². The molecular formula is C13H14N4O3S. The summed E-state index contributed by atoms with van der Waals surface area (Å²) in [4.78, 5) is 10.7. The van der Waals surface area contributed by atoms with E-state index in [1.807, 2.05) is 6.07 Å². The van der Waals surface area contributed by atoms with Gasteiger partial charge in [0.1, 0.15) is 12.3 Å². The molecule has 1 aromatic carbocycles. The molecule has 8 heteroatoms. The van der Waals surface area contributed by atoms with Gasteiger partial charge < -0.3 is 9.84 Å². The SMILES string of the molecule is O=C(O)Cn1nnnc1SCCc1ccc2c(c1)CCO2. The zero-order chi connectivity index (χ0) is 14.7. The standard InChI is InChI=1S/C13H14N4O3S/c18-12(19)8-17-13(14-15-16-17)21-6-4-9-1-2-11-10(7-9)3-5-20-11/h1-2,7H,3-6,8H2,(H,18,19). The van der Waals surface area contributed by atoms with Crippen molar-refractivity contribution in [1.29, 1.82) is 0 Å². The van der Waals surface area contributed by atoms with E-state index in [0.29, 0.717) is 5.16 Å². The average Bonchev–Trinajstić information content (AvgIpc) is 3.07. The fraction of sp³-hybridized carbons (Fsp3) is 0.385. The van der Waals surface area contributed by atoms with Gasteiger partial charge in [-0.05, 0) is 34.0 Å². The Kier molecular flexibility index (Phi) is 4.05. The highest BCUT2D eigenvalue weighted by Gasteiger charge is 2.13. The third-order valence-electron chi connectivity index (χ3n) is 3.16. The molecule has 0 fully saturated rings. The molecule has 0 atom stereocenters. The molecule has 1 aliphatic rings. The molecule has 1 N–H and O–H groups in total. The maximum atomic E-state index is 10.7. The van der Waals surface area contributed by atoms with E-state index in [4.69, 9.17) is 9.84 Å². The van der Waals surface area contributed by atoms with Gasteiger partial charge in [0.25, 0.3) is 0 Å². The predicted molar refractivity (Wildman–Crippen MR) is 75.5 cm³/mol. The van der Waals surface area contributed by atoms with Gasteiger partial charge in [-0.2, -0.15) is 0 Å². The molecule has 0 unspecified atom stereocenters. The number of aliphatic carboxylic acids is 1. The van der Waals surface area contributed by atoms with Crippen LogP contribution in [0.25, 0.3) is 0 Å². The largest absolute Gasteiger partial charge is 0.493 e. The first-order valence-corrected chi connectivity index (χ1v) is 7.56. The first-order valence-electron chi connectivity index (χ1n) is 6.58. The second kappa shape index (κ2) is 6.13. The number of benzene rings is 1. The molecule has 7 nitrogen and oxygen atoms in total. The summed E-state index contributed by atoms with van der Waals surface area (Å²) in [5.41, 5.74) is 2.50. The van der Waals surface area contributed by atoms with Crippen LogP contribution in [0, 0.1) is 0 Å². The molecule has 0 spiro atoms. The molecule has 0 bridgehead atoms. The second-order valence-electron chi connectivity index (χ2n) is 4.65. The number of hydrogen-bond donors (Lipinski definition) is 1. The van der Waals surface area contributed by atoms with Crippen LogP contribution in [0.5, 0.6) is 5.75 Å². The molecule has 0 saturated heterocycles. The van der Waals surface area contributed by atoms with E-state index < -0.39 is 5.97 Å². The summed E-state index contributed by atoms with van der Waals surface area (Å²) in [7, 11) is 0. The number of ether oxygens (including phenoxy) is 1. The Morgan fingerprint density at radius 2 is 2.38 bits per heavy atom. The van der Waals surface area contributed by atoms with Crippen LogP contribution < -0.4 is 4.74 Å². The highest BCUT2D eigenvalue weighted by molar-refractivity contribution is 7.99. The van der Waals surface area contributed by atoms with Gasteiger partial charge in [0.15, 0.2) is 0 Å². The van der Waals surface area contributed by atoms with Crippen molar-refractivity contribution in [3.8, 4) is 5.75 Å². The normalized spacial score (nSPS) is 13.0. The number of carboxylic acid groups (broad SMARTS) is 1. The van der Waals surface area contributed by atoms with E-state index in [-0.39, 0.29) is 6.54 Å². The van der Waals surface area contributed by atoms with E-state index in [1.54, 1.807) is 0 Å². The smallest absolute Gasteiger partial charge is 0.325 e. The summed E-state index contributed by atoms with van der Waals surface area (Å²) in [6.07, 6.45) is 1.84. The summed E-state index contributed by atoms with van der Waals surface area (Å²) in [5, 5.41) is 20.3. The van der Waals surface area contributed by atoms with Crippen LogP contribution in [0.2, 0.25) is 0 Å². The van der Waals surface area contributed by atoms with E-state index >= 15 is 0 Å². The molecule has 21 heavy (non-hydrogen) atoms. The maximum absolute atomic E-state index is 10.7. The lowest BCUT2D eigenvalue weighted by molar-refractivity contribution is -0.138. The zero-order valence-corrected chi connectivity index (χ0v) is 12.0. The molecule has 0 aliphatic carbocycles. The van der Waals surface area contributed by atoms with Crippen molar-refractivity contribution in [2.75, 3.05) is 12.4 Å². The van der Waals surface area contributed by atoms with Crippen LogP contribution in [0.1, 0.15) is 11.1 Å². The van der Waals surface area contributed by atoms with Crippen molar-refractivity contribution in [3.05, 3.63) is 29.3 Å². The second-order valence-corrected chi connectivity index (χ2v) is 5.71. The first kappa shape index (κ1) is 13.9. The minimum Gasteiger partial charge on any atom is -0.493 e. The van der Waals surface area contributed by atoms with Crippen LogP contribution in [-0.4, -0.2) is 43.6 Å². The molecule has 2 aromatic rings. The number of thioether (sulfide) groups is 1. The Balaban J connectivity index is 1.56. The average molecular weight is 306 g/mol. The number of aryl methyl sites for hydroxylation is 1. The highest BCUT2D eigenvalue weighted by Crippen LogP contribution is 2.26. The number of nitrogens with zero attached hydrogens (tertiary/aromatic N) is 4. The van der Waals surface area contributed by atoms with Crippen molar-refractivity contribution < 1.29 is 14.6 Å². The Morgan fingerprint density at radius 3 is 3.24 bits per heavy atom. The van der Waals surface area contributed by atoms with Gasteiger partial charge in [0.05, 0.1) is 6.61 Å². The number of carboxylic acids is 1. The maximum Gasteiger partial charge on any atom is 0.325 e. The molecule has 3 rings (SSSR count). The fourth-order valence-electron chi connectivity index (χ4n) is 2.18. The van der Waals surface area contributed by atoms with Gasteiger partial charge in [-0.15, -0.1) is 5.10 Å². The Hall–Kier alpha value is -2.09. The minimum atomic E-state index is -0.956. The van der Waals surface area contributed by atoms with Crippen molar-refractivity contribution in [2.45, 2.75) is 24.5 Å². The summed E-state index contributed by atoms with van der Waals surface area (Å²) in [5.74, 6) is 0.819. The minimum absolute atomic E-state index is 0.217. The van der Waals surface area contributed by atoms with Crippen molar-refractivity contribution in [3.63, 3.8) is 0 Å². The molecule has 110 valence electrons. The van der Waals surface area contributed by atoms with Crippen molar-refractivity contribution in [1.82, 2.24) is 20.2 Å². The van der Waals surface area contributed by atoms with Gasteiger partial charge >= 0.3 is 5.97 Å². The van der Waals surface area contributed by atoms with E-state index in [1.165, 1.54) is 27.6 Å². The van der Waals surface area contributed by atoms with Gasteiger partial charge in [-0.3, -0.25) is 4.79 Å². The van der Waals surface area contributed by atoms with E-state index in [9.17, 15) is 4.79 Å². The van der Waals surface area contributed by atoms with Crippen LogP contribution in [0.4, 0.5) is 0 Å². The third kappa shape index (κ3) is 3.33. The molecule has 0 saturated carbocycles. The Labute approximate surface area is 125 Å². The number of fused-ring (bicyclic) bond motifs is 1. The summed E-state index contributed by atoms with van der Waals surface area (Å²) in [6.45, 7) is 0.545. The monoisotopic (exact) mass is 306 g/mol. The molecule has 1 aliphatic heterocycles. The highest BCUT2D eigenvalue weighted by atomic mass is 32.2. The van der Waals surface area contributed by atoms with Gasteiger partial charge in [0.2, 0.25) is 5.16 Å². The summed E-state index contributed by atoms with van der Waals surface area (Å²) in [6, 6.07) is 6.24. The van der Waals surface area contributed by atoms with Crippen molar-refractivity contribution >= 4 is 17.7 Å². The lowest BCUT2D eigenvalue weighted by atomic mass is 10.1. The number of tetrazole rings is 1. The Morgan fingerprint density at radius 1 is 1.48 bits per heavy atom. The lowest BCUT2D eigenvalue weighted by Crippen LogP contribution is -2.11. The first-order chi connectivity index (χ1) is 10.2. The third-order valence-corrected chi connectivity index (χ3v) is 4.12. The summed E-state index contributed by atoms with van der Waals surface area (Å²) >= 11 is 1.46.